The number of ether oxygens (including phenoxy) is 1. The van der Waals surface area contributed by atoms with Crippen molar-refractivity contribution >= 4 is 18.4 Å². The van der Waals surface area contributed by atoms with Crippen LogP contribution < -0.4 is 0 Å². The van der Waals surface area contributed by atoms with Gasteiger partial charge in [-0.1, -0.05) is 30.3 Å². The minimum absolute atomic E-state index is 0. The van der Waals surface area contributed by atoms with Gasteiger partial charge in [-0.15, -0.1) is 12.4 Å². The standard InChI is InChI=1S/C21H26O2.ClH/c1-7-23-21(22)17(6)18-9-8-10-19(12-18)20-11-13(2)14(3)15(4)16(20)5;/h8-12,17H,7H2,1-6H3;1H. The third-order valence-electron chi connectivity index (χ3n) is 4.82. The molecule has 1 unspecified atom stereocenters. The van der Waals surface area contributed by atoms with Gasteiger partial charge >= 0.3 is 5.97 Å². The van der Waals surface area contributed by atoms with Crippen molar-refractivity contribution in [2.75, 3.05) is 6.61 Å². The Kier molecular flexibility index (Phi) is 7.04. The molecule has 0 amide bonds. The summed E-state index contributed by atoms with van der Waals surface area (Å²) in [6, 6.07) is 10.5. The Morgan fingerprint density at radius 3 is 2.33 bits per heavy atom. The lowest BCUT2D eigenvalue weighted by Gasteiger charge is -2.16. The largest absolute Gasteiger partial charge is 0.466 e. The topological polar surface area (TPSA) is 26.3 Å². The van der Waals surface area contributed by atoms with Crippen molar-refractivity contribution in [1.29, 1.82) is 0 Å². The fraction of sp³-hybridized carbons (Fsp3) is 0.381. The van der Waals surface area contributed by atoms with E-state index in [1.54, 1.807) is 0 Å². The van der Waals surface area contributed by atoms with Gasteiger partial charge in [0.25, 0.3) is 0 Å². The van der Waals surface area contributed by atoms with Gasteiger partial charge in [0.05, 0.1) is 12.5 Å². The van der Waals surface area contributed by atoms with Gasteiger partial charge in [0.2, 0.25) is 0 Å². The number of halogens is 1. The molecule has 2 aromatic carbocycles. The average molecular weight is 347 g/mol. The summed E-state index contributed by atoms with van der Waals surface area (Å²) in [5, 5.41) is 0. The fourth-order valence-electron chi connectivity index (χ4n) is 2.89. The van der Waals surface area contributed by atoms with Crippen LogP contribution >= 0.6 is 12.4 Å². The van der Waals surface area contributed by atoms with E-state index in [1.807, 2.05) is 26.0 Å². The highest BCUT2D eigenvalue weighted by Gasteiger charge is 2.17. The Morgan fingerprint density at radius 1 is 1.04 bits per heavy atom. The van der Waals surface area contributed by atoms with Crippen LogP contribution in [0.5, 0.6) is 0 Å². The van der Waals surface area contributed by atoms with E-state index < -0.39 is 0 Å². The first-order valence-electron chi connectivity index (χ1n) is 8.21. The Morgan fingerprint density at radius 2 is 1.71 bits per heavy atom. The summed E-state index contributed by atoms with van der Waals surface area (Å²) in [5.41, 5.74) is 8.68. The summed E-state index contributed by atoms with van der Waals surface area (Å²) in [4.78, 5) is 12.0. The van der Waals surface area contributed by atoms with Crippen LogP contribution in [0, 0.1) is 27.7 Å². The van der Waals surface area contributed by atoms with Crippen LogP contribution in [0.1, 0.15) is 47.6 Å². The van der Waals surface area contributed by atoms with Gasteiger partial charge in [-0.25, -0.2) is 0 Å². The molecule has 1 atom stereocenters. The van der Waals surface area contributed by atoms with Gasteiger partial charge in [-0.05, 0) is 80.5 Å². The SMILES string of the molecule is CCOC(=O)C(C)c1cccc(-c2cc(C)c(C)c(C)c2C)c1.Cl. The van der Waals surface area contributed by atoms with Crippen molar-refractivity contribution in [1.82, 2.24) is 0 Å². The van der Waals surface area contributed by atoms with Crippen molar-refractivity contribution in [3.63, 3.8) is 0 Å². The number of aryl methyl sites for hydroxylation is 1. The summed E-state index contributed by atoms with van der Waals surface area (Å²) in [5.74, 6) is -0.416. The summed E-state index contributed by atoms with van der Waals surface area (Å²) in [6.45, 7) is 12.8. The lowest BCUT2D eigenvalue weighted by Crippen LogP contribution is -2.13. The maximum Gasteiger partial charge on any atom is 0.313 e. The molecule has 3 heteroatoms. The Hall–Kier alpha value is -1.80. The molecular weight excluding hydrogens is 320 g/mol. The van der Waals surface area contributed by atoms with E-state index in [1.165, 1.54) is 27.8 Å². The molecule has 0 radical (unpaired) electrons. The molecule has 0 aliphatic carbocycles. The number of hydrogen-bond donors (Lipinski definition) is 0. The smallest absolute Gasteiger partial charge is 0.313 e. The molecule has 0 spiro atoms. The van der Waals surface area contributed by atoms with Crippen LogP contribution in [0.15, 0.2) is 30.3 Å². The second kappa shape index (κ2) is 8.34. The minimum Gasteiger partial charge on any atom is -0.466 e. The van der Waals surface area contributed by atoms with Crippen LogP contribution in [-0.4, -0.2) is 12.6 Å². The highest BCUT2D eigenvalue weighted by Crippen LogP contribution is 2.31. The quantitative estimate of drug-likeness (QED) is 0.666. The zero-order valence-electron chi connectivity index (χ0n) is 15.4. The molecule has 0 saturated heterocycles. The minimum atomic E-state index is -0.247. The first-order valence-corrected chi connectivity index (χ1v) is 8.21. The van der Waals surface area contributed by atoms with E-state index in [2.05, 4.69) is 45.9 Å². The summed E-state index contributed by atoms with van der Waals surface area (Å²) >= 11 is 0. The van der Waals surface area contributed by atoms with Crippen molar-refractivity contribution in [3.05, 3.63) is 58.1 Å². The number of carbonyl (C=O) groups excluding carboxylic acids is 1. The van der Waals surface area contributed by atoms with Crippen LogP contribution in [-0.2, 0) is 9.53 Å². The molecular formula is C21H27ClO2. The molecule has 0 aliphatic heterocycles. The van der Waals surface area contributed by atoms with Gasteiger partial charge in [-0.2, -0.15) is 0 Å². The van der Waals surface area contributed by atoms with Crippen molar-refractivity contribution < 1.29 is 9.53 Å². The Balaban J connectivity index is 0.00000288. The fourth-order valence-corrected chi connectivity index (χ4v) is 2.89. The molecule has 2 rings (SSSR count). The maximum atomic E-state index is 12.0. The Labute approximate surface area is 151 Å². The van der Waals surface area contributed by atoms with Crippen molar-refractivity contribution in [2.24, 2.45) is 0 Å². The average Bonchev–Trinajstić information content (AvgIpc) is 2.55. The number of esters is 1. The second-order valence-electron chi connectivity index (χ2n) is 6.22. The summed E-state index contributed by atoms with van der Waals surface area (Å²) in [6.07, 6.45) is 0. The normalized spacial score (nSPS) is 11.6. The van der Waals surface area contributed by atoms with Crippen molar-refractivity contribution in [2.45, 2.75) is 47.5 Å². The van der Waals surface area contributed by atoms with Gasteiger partial charge in [0, 0.05) is 0 Å². The zero-order chi connectivity index (χ0) is 17.1. The number of carbonyl (C=O) groups is 1. The lowest BCUT2D eigenvalue weighted by molar-refractivity contribution is -0.144. The molecule has 130 valence electrons. The predicted molar refractivity (Wildman–Crippen MR) is 103 cm³/mol. The van der Waals surface area contributed by atoms with Gasteiger partial charge in [0.1, 0.15) is 0 Å². The third kappa shape index (κ3) is 3.99. The molecule has 2 nitrogen and oxygen atoms in total. The Bertz CT molecular complexity index is 735. The molecule has 0 heterocycles. The van der Waals surface area contributed by atoms with E-state index >= 15 is 0 Å². The molecule has 0 aliphatic rings. The van der Waals surface area contributed by atoms with Gasteiger partial charge in [0.15, 0.2) is 0 Å². The van der Waals surface area contributed by atoms with E-state index in [9.17, 15) is 4.79 Å². The van der Waals surface area contributed by atoms with Gasteiger partial charge < -0.3 is 4.74 Å². The summed E-state index contributed by atoms with van der Waals surface area (Å²) < 4.78 is 5.14. The first kappa shape index (κ1) is 20.2. The molecule has 0 N–H and O–H groups in total. The summed E-state index contributed by atoms with van der Waals surface area (Å²) in [7, 11) is 0. The number of benzene rings is 2. The molecule has 0 aromatic heterocycles. The zero-order valence-corrected chi connectivity index (χ0v) is 16.2. The number of rotatable bonds is 4. The molecule has 0 saturated carbocycles. The third-order valence-corrected chi connectivity index (χ3v) is 4.82. The molecule has 0 fully saturated rings. The molecule has 0 bridgehead atoms. The van der Waals surface area contributed by atoms with Crippen molar-refractivity contribution in [3.8, 4) is 11.1 Å². The van der Waals surface area contributed by atoms with E-state index in [4.69, 9.17) is 4.74 Å². The van der Waals surface area contributed by atoms with Crippen LogP contribution in [0.25, 0.3) is 11.1 Å². The van der Waals surface area contributed by atoms with Crippen LogP contribution in [0.4, 0.5) is 0 Å². The highest BCUT2D eigenvalue weighted by atomic mass is 35.5. The van der Waals surface area contributed by atoms with E-state index in [0.717, 1.165) is 11.1 Å². The van der Waals surface area contributed by atoms with E-state index in [0.29, 0.717) is 6.61 Å². The van der Waals surface area contributed by atoms with Crippen LogP contribution in [0.2, 0.25) is 0 Å². The number of hydrogen-bond acceptors (Lipinski definition) is 2. The maximum absolute atomic E-state index is 12.0. The predicted octanol–water partition coefficient (Wildman–Crippen LogP) is 5.68. The monoisotopic (exact) mass is 346 g/mol. The second-order valence-corrected chi connectivity index (χ2v) is 6.22. The van der Waals surface area contributed by atoms with E-state index in [-0.39, 0.29) is 24.3 Å². The first-order chi connectivity index (χ1) is 10.9. The molecule has 2 aromatic rings. The van der Waals surface area contributed by atoms with Gasteiger partial charge in [-0.3, -0.25) is 4.79 Å². The van der Waals surface area contributed by atoms with Crippen LogP contribution in [0.3, 0.4) is 0 Å². The highest BCUT2D eigenvalue weighted by molar-refractivity contribution is 5.85. The molecule has 24 heavy (non-hydrogen) atoms. The lowest BCUT2D eigenvalue weighted by atomic mass is 9.89.